The number of aromatic amines is 1. The number of aromatic nitrogens is 2. The number of halogens is 4. The summed E-state index contributed by atoms with van der Waals surface area (Å²) in [7, 11) is 0. The molecule has 0 aliphatic carbocycles. The van der Waals surface area contributed by atoms with Crippen LogP contribution in [0.5, 0.6) is 0 Å². The molecule has 0 atom stereocenters. The van der Waals surface area contributed by atoms with Crippen LogP contribution in [0.4, 0.5) is 23.2 Å². The van der Waals surface area contributed by atoms with Gasteiger partial charge < -0.3 is 10.3 Å². The number of benzene rings is 1. The van der Waals surface area contributed by atoms with Crippen molar-refractivity contribution >= 4 is 5.69 Å². The van der Waals surface area contributed by atoms with Crippen molar-refractivity contribution in [3.63, 3.8) is 0 Å². The highest BCUT2D eigenvalue weighted by molar-refractivity contribution is 5.48. The molecule has 2 N–H and O–H groups in total. The van der Waals surface area contributed by atoms with E-state index in [1.54, 1.807) is 6.92 Å². The molecule has 7 heteroatoms. The van der Waals surface area contributed by atoms with Gasteiger partial charge in [-0.05, 0) is 25.1 Å². The van der Waals surface area contributed by atoms with Gasteiger partial charge in [-0.2, -0.15) is 13.2 Å². The number of hydrogen-bond donors (Lipinski definition) is 2. The lowest BCUT2D eigenvalue weighted by Crippen LogP contribution is -2.08. The number of imidazole rings is 1. The van der Waals surface area contributed by atoms with Crippen LogP contribution in [0.3, 0.4) is 0 Å². The van der Waals surface area contributed by atoms with Gasteiger partial charge in [0.1, 0.15) is 11.6 Å². The normalized spacial score (nSPS) is 11.6. The molecule has 102 valence electrons. The fourth-order valence-electron chi connectivity index (χ4n) is 1.59. The maximum absolute atomic E-state index is 13.4. The largest absolute Gasteiger partial charge is 0.416 e. The first kappa shape index (κ1) is 13.4. The van der Waals surface area contributed by atoms with Crippen molar-refractivity contribution in [2.75, 3.05) is 5.32 Å². The Balaban J connectivity index is 2.15. The van der Waals surface area contributed by atoms with Crippen LogP contribution in [-0.4, -0.2) is 9.97 Å². The van der Waals surface area contributed by atoms with E-state index in [9.17, 15) is 17.6 Å². The summed E-state index contributed by atoms with van der Waals surface area (Å²) in [6.07, 6.45) is -2.96. The Bertz CT molecular complexity index is 575. The van der Waals surface area contributed by atoms with E-state index in [4.69, 9.17) is 0 Å². The fraction of sp³-hybridized carbons (Fsp3) is 0.250. The first-order valence-electron chi connectivity index (χ1n) is 5.47. The van der Waals surface area contributed by atoms with Gasteiger partial charge in [0.15, 0.2) is 0 Å². The summed E-state index contributed by atoms with van der Waals surface area (Å²) >= 11 is 0. The molecule has 2 rings (SSSR count). The van der Waals surface area contributed by atoms with Gasteiger partial charge in [-0.25, -0.2) is 9.37 Å². The predicted molar refractivity (Wildman–Crippen MR) is 62.1 cm³/mol. The van der Waals surface area contributed by atoms with Gasteiger partial charge in [-0.15, -0.1) is 0 Å². The number of aryl methyl sites for hydroxylation is 1. The van der Waals surface area contributed by atoms with Gasteiger partial charge in [0.25, 0.3) is 0 Å². The molecule has 0 unspecified atom stereocenters. The van der Waals surface area contributed by atoms with Crippen LogP contribution < -0.4 is 5.32 Å². The van der Waals surface area contributed by atoms with Gasteiger partial charge in [0.05, 0.1) is 29.7 Å². The molecule has 0 fully saturated rings. The quantitative estimate of drug-likeness (QED) is 0.840. The van der Waals surface area contributed by atoms with Crippen LogP contribution in [0.15, 0.2) is 24.4 Å². The summed E-state index contributed by atoms with van der Waals surface area (Å²) in [6, 6.07) is 2.25. The summed E-state index contributed by atoms with van der Waals surface area (Å²) in [5.74, 6) is -0.0504. The molecule has 19 heavy (non-hydrogen) atoms. The first-order chi connectivity index (χ1) is 8.86. The second-order valence-corrected chi connectivity index (χ2v) is 4.04. The fourth-order valence-corrected chi connectivity index (χ4v) is 1.59. The van der Waals surface area contributed by atoms with Gasteiger partial charge in [0.2, 0.25) is 0 Å². The molecular weight excluding hydrogens is 262 g/mol. The van der Waals surface area contributed by atoms with Crippen LogP contribution in [0.1, 0.15) is 17.1 Å². The number of nitrogens with zero attached hydrogens (tertiary/aromatic N) is 1. The smallest absolute Gasteiger partial charge is 0.377 e. The van der Waals surface area contributed by atoms with E-state index in [0.29, 0.717) is 17.6 Å². The van der Waals surface area contributed by atoms with Gasteiger partial charge in [-0.3, -0.25) is 0 Å². The molecule has 0 aliphatic rings. The average molecular weight is 273 g/mol. The predicted octanol–water partition coefficient (Wildman–Crippen LogP) is 3.49. The minimum atomic E-state index is -4.49. The van der Waals surface area contributed by atoms with Crippen LogP contribution in [0.25, 0.3) is 0 Å². The number of hydrogen-bond acceptors (Lipinski definition) is 2. The Kier molecular flexibility index (Phi) is 3.46. The van der Waals surface area contributed by atoms with E-state index in [1.807, 2.05) is 0 Å². The molecule has 3 nitrogen and oxygen atoms in total. The van der Waals surface area contributed by atoms with Gasteiger partial charge in [0, 0.05) is 0 Å². The third kappa shape index (κ3) is 3.24. The molecule has 0 saturated heterocycles. The highest BCUT2D eigenvalue weighted by Gasteiger charge is 2.31. The number of H-pyrrole nitrogens is 1. The minimum absolute atomic E-state index is 0.166. The van der Waals surface area contributed by atoms with Crippen molar-refractivity contribution in [2.24, 2.45) is 0 Å². The third-order valence-corrected chi connectivity index (χ3v) is 2.52. The number of anilines is 1. The van der Waals surface area contributed by atoms with E-state index in [0.717, 1.165) is 12.1 Å². The number of alkyl halides is 3. The molecule has 0 aliphatic heterocycles. The van der Waals surface area contributed by atoms with E-state index >= 15 is 0 Å². The molecule has 0 saturated carbocycles. The van der Waals surface area contributed by atoms with Crippen molar-refractivity contribution < 1.29 is 17.6 Å². The number of rotatable bonds is 3. The summed E-state index contributed by atoms with van der Waals surface area (Å²) in [5, 5.41) is 2.61. The third-order valence-electron chi connectivity index (χ3n) is 2.52. The summed E-state index contributed by atoms with van der Waals surface area (Å²) in [4.78, 5) is 6.83. The van der Waals surface area contributed by atoms with Crippen LogP contribution >= 0.6 is 0 Å². The van der Waals surface area contributed by atoms with Crippen molar-refractivity contribution in [2.45, 2.75) is 19.6 Å². The van der Waals surface area contributed by atoms with Crippen molar-refractivity contribution in [1.82, 2.24) is 9.97 Å². The van der Waals surface area contributed by atoms with Gasteiger partial charge in [-0.1, -0.05) is 0 Å². The zero-order chi connectivity index (χ0) is 14.0. The van der Waals surface area contributed by atoms with Crippen LogP contribution in [0, 0.1) is 12.7 Å². The zero-order valence-electron chi connectivity index (χ0n) is 9.98. The second kappa shape index (κ2) is 4.91. The average Bonchev–Trinajstić information content (AvgIpc) is 2.72. The molecular formula is C12H11F4N3. The molecule has 1 aromatic carbocycles. The maximum Gasteiger partial charge on any atom is 0.416 e. The molecule has 2 aromatic rings. The van der Waals surface area contributed by atoms with Crippen LogP contribution in [0.2, 0.25) is 0 Å². The Morgan fingerprint density at radius 3 is 2.63 bits per heavy atom. The SMILES string of the molecule is Cc1ncc(CNc2cc(C(F)(F)F)ccc2F)[nH]1. The standard InChI is InChI=1S/C12H11F4N3/c1-7-17-5-9(19-7)6-18-11-4-8(12(14,15)16)2-3-10(11)13/h2-5,18H,6H2,1H3,(H,17,19). The van der Waals surface area contributed by atoms with E-state index in [2.05, 4.69) is 15.3 Å². The Morgan fingerprint density at radius 2 is 2.05 bits per heavy atom. The van der Waals surface area contributed by atoms with E-state index < -0.39 is 17.6 Å². The molecule has 1 aromatic heterocycles. The van der Waals surface area contributed by atoms with Crippen molar-refractivity contribution in [3.05, 3.63) is 47.3 Å². The van der Waals surface area contributed by atoms with Gasteiger partial charge >= 0.3 is 6.18 Å². The molecule has 0 spiro atoms. The second-order valence-electron chi connectivity index (χ2n) is 4.04. The lowest BCUT2D eigenvalue weighted by Gasteiger charge is -2.11. The Hall–Kier alpha value is -2.05. The highest BCUT2D eigenvalue weighted by atomic mass is 19.4. The van der Waals surface area contributed by atoms with Crippen LogP contribution in [-0.2, 0) is 12.7 Å². The molecule has 1 heterocycles. The number of nitrogens with one attached hydrogen (secondary N) is 2. The topological polar surface area (TPSA) is 40.7 Å². The lowest BCUT2D eigenvalue weighted by molar-refractivity contribution is -0.137. The summed E-state index contributed by atoms with van der Waals surface area (Å²) in [6.45, 7) is 1.91. The van der Waals surface area contributed by atoms with Crippen molar-refractivity contribution in [1.29, 1.82) is 0 Å². The first-order valence-corrected chi connectivity index (χ1v) is 5.47. The monoisotopic (exact) mass is 273 g/mol. The zero-order valence-corrected chi connectivity index (χ0v) is 9.98. The summed E-state index contributed by atoms with van der Waals surface area (Å²) < 4.78 is 50.9. The highest BCUT2D eigenvalue weighted by Crippen LogP contribution is 2.31. The lowest BCUT2D eigenvalue weighted by atomic mass is 10.2. The Labute approximate surface area is 106 Å². The van der Waals surface area contributed by atoms with Crippen molar-refractivity contribution in [3.8, 4) is 0 Å². The van der Waals surface area contributed by atoms with E-state index in [1.165, 1.54) is 6.20 Å². The minimum Gasteiger partial charge on any atom is -0.377 e. The molecule has 0 bridgehead atoms. The molecule has 0 amide bonds. The Morgan fingerprint density at radius 1 is 1.32 bits per heavy atom. The maximum atomic E-state index is 13.4. The summed E-state index contributed by atoms with van der Waals surface area (Å²) in [5.41, 5.74) is -0.423. The van der Waals surface area contributed by atoms with E-state index in [-0.39, 0.29) is 12.2 Å². The molecule has 0 radical (unpaired) electrons.